The minimum absolute atomic E-state index is 0.0619. The molecular weight excluding hydrogens is 520 g/mol. The molecule has 1 aromatic heterocycles. The number of cyclic esters (lactones) is 1. The molecule has 0 unspecified atom stereocenters. The van der Waals surface area contributed by atoms with Crippen LogP contribution in [-0.2, 0) is 17.1 Å². The van der Waals surface area contributed by atoms with Crippen LogP contribution in [0.4, 0.5) is 37.0 Å². The number of anilines is 1. The van der Waals surface area contributed by atoms with Crippen LogP contribution in [0.1, 0.15) is 47.2 Å². The molecule has 0 spiro atoms. The molecule has 12 heteroatoms. The molecule has 2 saturated heterocycles. The molecule has 5 nitrogen and oxygen atoms in total. The molecule has 1 amide bonds. The molecule has 4 rings (SSSR count). The van der Waals surface area contributed by atoms with E-state index in [1.165, 1.54) is 4.90 Å². The largest absolute Gasteiger partial charge is 0.439 e. The van der Waals surface area contributed by atoms with Gasteiger partial charge in [0.2, 0.25) is 0 Å². The molecule has 1 aromatic carbocycles. The van der Waals surface area contributed by atoms with Gasteiger partial charge in [-0.3, -0.25) is 4.90 Å². The van der Waals surface area contributed by atoms with Gasteiger partial charge in [0.15, 0.2) is 0 Å². The molecule has 2 aliphatic rings. The van der Waals surface area contributed by atoms with Crippen molar-refractivity contribution in [2.24, 2.45) is 0 Å². The lowest BCUT2D eigenvalue weighted by molar-refractivity contribution is -0.143. The monoisotopic (exact) mass is 537 g/mol. The number of benzene rings is 1. The highest BCUT2D eigenvalue weighted by atomic mass is 79.9. The molecule has 0 N–H and O–H groups in total. The van der Waals surface area contributed by atoms with Crippen molar-refractivity contribution >= 4 is 27.8 Å². The van der Waals surface area contributed by atoms with Crippen LogP contribution in [0.5, 0.6) is 0 Å². The number of alkyl halides is 6. The van der Waals surface area contributed by atoms with Gasteiger partial charge < -0.3 is 9.64 Å². The fraction of sp³-hybridized carbons (Fsp3) is 0.429. The molecule has 3 heterocycles. The molecule has 0 bridgehead atoms. The molecule has 0 aliphatic carbocycles. The Labute approximate surface area is 193 Å². The van der Waals surface area contributed by atoms with E-state index in [0.717, 1.165) is 5.56 Å². The Kier molecular flexibility index (Phi) is 5.78. The zero-order chi connectivity index (χ0) is 24.3. The summed E-state index contributed by atoms with van der Waals surface area (Å²) >= 11 is 3.42. The minimum atomic E-state index is -4.99. The zero-order valence-corrected chi connectivity index (χ0v) is 18.9. The maximum Gasteiger partial charge on any atom is 0.416 e. The molecule has 3 atom stereocenters. The summed E-state index contributed by atoms with van der Waals surface area (Å²) in [7, 11) is 3.59. The van der Waals surface area contributed by atoms with Crippen LogP contribution < -0.4 is 4.90 Å². The second kappa shape index (κ2) is 8.07. The van der Waals surface area contributed by atoms with Crippen molar-refractivity contribution in [2.75, 3.05) is 19.0 Å². The smallest absolute Gasteiger partial charge is 0.416 e. The first kappa shape index (κ1) is 23.7. The summed E-state index contributed by atoms with van der Waals surface area (Å²) in [6.45, 7) is 0. The van der Waals surface area contributed by atoms with Crippen molar-refractivity contribution in [3.63, 3.8) is 0 Å². The van der Waals surface area contributed by atoms with Crippen LogP contribution in [0.25, 0.3) is 0 Å². The molecule has 2 fully saturated rings. The molecule has 33 heavy (non-hydrogen) atoms. The number of halogens is 7. The number of rotatable bonds is 3. The van der Waals surface area contributed by atoms with E-state index >= 15 is 0 Å². The third-order valence-electron chi connectivity index (χ3n) is 5.84. The molecule has 0 saturated carbocycles. The van der Waals surface area contributed by atoms with Crippen molar-refractivity contribution in [3.8, 4) is 0 Å². The number of pyridine rings is 1. The average molecular weight is 538 g/mol. The van der Waals surface area contributed by atoms with Gasteiger partial charge in [0.25, 0.3) is 0 Å². The second-order valence-electron chi connectivity index (χ2n) is 8.17. The Morgan fingerprint density at radius 2 is 1.64 bits per heavy atom. The lowest BCUT2D eigenvalue weighted by atomic mass is 9.96. The maximum absolute atomic E-state index is 13.3. The van der Waals surface area contributed by atoms with Gasteiger partial charge in [-0.1, -0.05) is 0 Å². The van der Waals surface area contributed by atoms with Crippen LogP contribution >= 0.6 is 15.9 Å². The highest BCUT2D eigenvalue weighted by molar-refractivity contribution is 9.10. The lowest BCUT2D eigenvalue weighted by Crippen LogP contribution is -2.31. The van der Waals surface area contributed by atoms with Crippen LogP contribution in [-0.4, -0.2) is 36.1 Å². The number of fused-ring (bicyclic) bond motifs is 1. The van der Waals surface area contributed by atoms with E-state index in [-0.39, 0.29) is 11.6 Å². The highest BCUT2D eigenvalue weighted by Crippen LogP contribution is 2.50. The highest BCUT2D eigenvalue weighted by Gasteiger charge is 2.51. The van der Waals surface area contributed by atoms with Gasteiger partial charge in [-0.05, 0) is 64.2 Å². The Bertz CT molecular complexity index is 1060. The number of ether oxygens (including phenoxy) is 1. The van der Waals surface area contributed by atoms with Gasteiger partial charge in [-0.2, -0.15) is 26.3 Å². The molecule has 0 radical (unpaired) electrons. The van der Waals surface area contributed by atoms with Crippen molar-refractivity contribution < 1.29 is 35.9 Å². The quantitative estimate of drug-likeness (QED) is 0.428. The number of carbonyl (C=O) groups is 1. The Hall–Kier alpha value is -2.50. The van der Waals surface area contributed by atoms with E-state index < -0.39 is 47.8 Å². The summed E-state index contributed by atoms with van der Waals surface area (Å²) in [6, 6.07) is 1.93. The lowest BCUT2D eigenvalue weighted by Gasteiger charge is -2.24. The van der Waals surface area contributed by atoms with E-state index in [2.05, 4.69) is 20.9 Å². The molecule has 178 valence electrons. The average Bonchev–Trinajstić information content (AvgIpc) is 3.28. The molecule has 2 aliphatic heterocycles. The number of aromatic nitrogens is 1. The topological polar surface area (TPSA) is 45.7 Å². The Balaban J connectivity index is 1.72. The third-order valence-corrected chi connectivity index (χ3v) is 6.51. The summed E-state index contributed by atoms with van der Waals surface area (Å²) < 4.78 is 85.8. The molecule has 2 aromatic rings. The number of carbonyl (C=O) groups excluding carboxylic acids is 1. The van der Waals surface area contributed by atoms with Gasteiger partial charge in [0.05, 0.1) is 23.2 Å². The van der Waals surface area contributed by atoms with Gasteiger partial charge in [0.1, 0.15) is 11.9 Å². The second-order valence-corrected chi connectivity index (χ2v) is 9.02. The van der Waals surface area contributed by atoms with Crippen LogP contribution in [0.15, 0.2) is 34.9 Å². The Morgan fingerprint density at radius 3 is 2.18 bits per heavy atom. The summed E-state index contributed by atoms with van der Waals surface area (Å²) in [4.78, 5) is 20.2. The van der Waals surface area contributed by atoms with Crippen LogP contribution in [0.2, 0.25) is 0 Å². The normalized spacial score (nSPS) is 23.0. The zero-order valence-electron chi connectivity index (χ0n) is 17.3. The van der Waals surface area contributed by atoms with E-state index in [1.54, 1.807) is 31.3 Å². The number of amides is 1. The number of nitrogens with zero attached hydrogens (tertiary/aromatic N) is 3. The van der Waals surface area contributed by atoms with Crippen LogP contribution in [0.3, 0.4) is 0 Å². The van der Waals surface area contributed by atoms with Gasteiger partial charge in [0, 0.05) is 24.8 Å². The molecular formula is C21H18BrF6N3O2. The first-order chi connectivity index (χ1) is 15.3. The summed E-state index contributed by atoms with van der Waals surface area (Å²) in [5.41, 5.74) is -2.48. The third kappa shape index (κ3) is 4.36. The van der Waals surface area contributed by atoms with Crippen molar-refractivity contribution in [1.82, 2.24) is 9.88 Å². The first-order valence-electron chi connectivity index (χ1n) is 9.88. The first-order valence-corrected chi connectivity index (χ1v) is 10.7. The fourth-order valence-corrected chi connectivity index (χ4v) is 4.81. The number of hydrogen-bond acceptors (Lipinski definition) is 4. The van der Waals surface area contributed by atoms with Gasteiger partial charge >= 0.3 is 18.4 Å². The predicted octanol–water partition coefficient (Wildman–Crippen LogP) is 6.34. The van der Waals surface area contributed by atoms with Crippen molar-refractivity contribution in [2.45, 2.75) is 43.4 Å². The van der Waals surface area contributed by atoms with E-state index in [4.69, 9.17) is 4.74 Å². The van der Waals surface area contributed by atoms with Crippen molar-refractivity contribution in [1.29, 1.82) is 0 Å². The minimum Gasteiger partial charge on any atom is -0.439 e. The van der Waals surface area contributed by atoms with E-state index in [1.807, 2.05) is 0 Å². The predicted molar refractivity (Wildman–Crippen MR) is 110 cm³/mol. The Morgan fingerprint density at radius 1 is 1.03 bits per heavy atom. The summed E-state index contributed by atoms with van der Waals surface area (Å²) in [6.07, 6.45) is -9.60. The summed E-state index contributed by atoms with van der Waals surface area (Å²) in [5.74, 6) is 0.633. The van der Waals surface area contributed by atoms with Crippen LogP contribution in [0, 0.1) is 0 Å². The van der Waals surface area contributed by atoms with E-state index in [0.29, 0.717) is 35.3 Å². The van der Waals surface area contributed by atoms with Gasteiger partial charge in [-0.15, -0.1) is 0 Å². The summed E-state index contributed by atoms with van der Waals surface area (Å²) in [5, 5.41) is 0. The van der Waals surface area contributed by atoms with Crippen molar-refractivity contribution in [3.05, 3.63) is 57.2 Å². The SMILES string of the molecule is CN(C)c1cc([C@@H]2CC[C@H]3[C@@H](c4cc(C(F)(F)F)cc(C(F)(F)F)c4)OC(=O)N23)c(Br)cn1. The fourth-order valence-electron chi connectivity index (χ4n) is 4.33. The number of hydrogen-bond donors (Lipinski definition) is 0. The standard InChI is InChI=1S/C21H18BrF6N3O2/c1-30(2)17-8-13(14(22)9-29-17)15-3-4-16-18(33-19(32)31(15)16)10-5-11(20(23,24)25)7-12(6-10)21(26,27)28/h5-9,15-16,18H,3-4H2,1-2H3/t15-,16-,18+/m0/s1. The van der Waals surface area contributed by atoms with Gasteiger partial charge in [-0.25, -0.2) is 9.78 Å². The maximum atomic E-state index is 13.3. The van der Waals surface area contributed by atoms with E-state index in [9.17, 15) is 31.1 Å².